The van der Waals surface area contributed by atoms with Crippen LogP contribution in [-0.2, 0) is 13.0 Å². The summed E-state index contributed by atoms with van der Waals surface area (Å²) in [4.78, 5) is 25.4. The number of amides is 1. The number of nitrogens with zero attached hydrogens (tertiary/aromatic N) is 3. The summed E-state index contributed by atoms with van der Waals surface area (Å²) in [6, 6.07) is 15.0. The van der Waals surface area contributed by atoms with E-state index in [0.717, 1.165) is 31.2 Å². The van der Waals surface area contributed by atoms with Gasteiger partial charge < -0.3 is 0 Å². The zero-order chi connectivity index (χ0) is 20.6. The molecule has 150 valence electrons. The third-order valence-corrected chi connectivity index (χ3v) is 4.82. The Morgan fingerprint density at radius 2 is 1.79 bits per heavy atom. The number of nitrogens with one attached hydrogen (secondary N) is 1. The summed E-state index contributed by atoms with van der Waals surface area (Å²) in [7, 11) is 0. The van der Waals surface area contributed by atoms with E-state index in [2.05, 4.69) is 29.5 Å². The fraction of sp³-hybridized carbons (Fsp3) is 0.304. The van der Waals surface area contributed by atoms with Crippen LogP contribution < -0.4 is 11.0 Å². The van der Waals surface area contributed by atoms with Crippen molar-refractivity contribution in [2.75, 3.05) is 0 Å². The Kier molecular flexibility index (Phi) is 6.89. The molecule has 1 N–H and O–H groups in total. The molecule has 1 heterocycles. The Bertz CT molecular complexity index is 1070. The number of hydrazone groups is 1. The van der Waals surface area contributed by atoms with Gasteiger partial charge in [-0.1, -0.05) is 69.2 Å². The summed E-state index contributed by atoms with van der Waals surface area (Å²) in [6.07, 6.45) is 5.46. The number of aromatic nitrogens is 2. The van der Waals surface area contributed by atoms with Crippen molar-refractivity contribution in [3.63, 3.8) is 0 Å². The molecule has 0 saturated heterocycles. The fourth-order valence-electron chi connectivity index (χ4n) is 3.12. The van der Waals surface area contributed by atoms with E-state index in [1.807, 2.05) is 24.3 Å². The Morgan fingerprint density at radius 3 is 2.48 bits per heavy atom. The molecule has 1 amide bonds. The molecule has 0 aliphatic heterocycles. The first kappa shape index (κ1) is 20.5. The summed E-state index contributed by atoms with van der Waals surface area (Å²) in [5, 5.41) is 9.42. The molecule has 0 fully saturated rings. The van der Waals surface area contributed by atoms with Crippen LogP contribution in [0.25, 0.3) is 10.8 Å². The van der Waals surface area contributed by atoms with Crippen molar-refractivity contribution in [2.24, 2.45) is 5.10 Å². The lowest BCUT2D eigenvalue weighted by Crippen LogP contribution is -2.29. The summed E-state index contributed by atoms with van der Waals surface area (Å²) in [5.41, 5.74) is 4.70. The molecule has 0 aliphatic rings. The van der Waals surface area contributed by atoms with Crippen molar-refractivity contribution in [3.05, 3.63) is 75.7 Å². The van der Waals surface area contributed by atoms with Crippen LogP contribution in [0.5, 0.6) is 0 Å². The normalized spacial score (nSPS) is 11.2. The minimum atomic E-state index is -0.438. The zero-order valence-corrected chi connectivity index (χ0v) is 16.9. The molecular formula is C23H26N4O2. The standard InChI is InChI=1S/C23H26N4O2/c1-3-5-8-15-27-23(29)20-10-7-6-9-19(20)21(26-27)22(28)25-24-16-18-13-11-17(4-2)12-14-18/h6-7,9-14,16H,3-5,8,15H2,1-2H3,(H,25,28)/b24-16-. The first-order valence-corrected chi connectivity index (χ1v) is 10.1. The molecule has 0 unspecified atom stereocenters. The Hall–Kier alpha value is -3.28. The first-order valence-electron chi connectivity index (χ1n) is 10.1. The molecule has 0 aliphatic carbocycles. The maximum absolute atomic E-state index is 12.7. The predicted molar refractivity (Wildman–Crippen MR) is 116 cm³/mol. The Labute approximate surface area is 170 Å². The summed E-state index contributed by atoms with van der Waals surface area (Å²) >= 11 is 0. The van der Waals surface area contributed by atoms with Gasteiger partial charge in [-0.3, -0.25) is 9.59 Å². The Morgan fingerprint density at radius 1 is 1.07 bits per heavy atom. The molecule has 2 aromatic carbocycles. The summed E-state index contributed by atoms with van der Waals surface area (Å²) in [5.74, 6) is -0.438. The number of rotatable bonds is 8. The van der Waals surface area contributed by atoms with E-state index in [1.54, 1.807) is 30.5 Å². The van der Waals surface area contributed by atoms with Gasteiger partial charge >= 0.3 is 0 Å². The van der Waals surface area contributed by atoms with Crippen molar-refractivity contribution in [1.29, 1.82) is 0 Å². The van der Waals surface area contributed by atoms with E-state index in [0.29, 0.717) is 17.3 Å². The van der Waals surface area contributed by atoms with Crippen molar-refractivity contribution in [3.8, 4) is 0 Å². The van der Waals surface area contributed by atoms with E-state index >= 15 is 0 Å². The molecule has 0 spiro atoms. The summed E-state index contributed by atoms with van der Waals surface area (Å²) in [6.45, 7) is 4.69. The third-order valence-electron chi connectivity index (χ3n) is 4.82. The molecule has 0 bridgehead atoms. The van der Waals surface area contributed by atoms with Crippen LogP contribution in [0.2, 0.25) is 0 Å². The second-order valence-corrected chi connectivity index (χ2v) is 6.92. The zero-order valence-electron chi connectivity index (χ0n) is 16.9. The highest BCUT2D eigenvalue weighted by molar-refractivity contribution is 6.04. The average molecular weight is 390 g/mol. The largest absolute Gasteiger partial charge is 0.292 e. The SMILES string of the molecule is CCCCCn1nc(C(=O)N/N=C\c2ccc(CC)cc2)c2ccccc2c1=O. The molecule has 0 atom stereocenters. The Balaban J connectivity index is 1.84. The van der Waals surface area contributed by atoms with E-state index < -0.39 is 5.91 Å². The number of fused-ring (bicyclic) bond motifs is 1. The van der Waals surface area contributed by atoms with Gasteiger partial charge in [0.2, 0.25) is 0 Å². The number of hydrogen-bond acceptors (Lipinski definition) is 4. The predicted octanol–water partition coefficient (Wildman–Crippen LogP) is 3.91. The van der Waals surface area contributed by atoms with Crippen molar-refractivity contribution >= 4 is 22.9 Å². The highest BCUT2D eigenvalue weighted by Gasteiger charge is 2.16. The molecule has 0 saturated carbocycles. The maximum atomic E-state index is 12.7. The van der Waals surface area contributed by atoms with Gasteiger partial charge in [-0.25, -0.2) is 10.1 Å². The summed E-state index contributed by atoms with van der Waals surface area (Å²) < 4.78 is 1.39. The lowest BCUT2D eigenvalue weighted by atomic mass is 10.1. The first-order chi connectivity index (χ1) is 14.1. The lowest BCUT2D eigenvalue weighted by Gasteiger charge is -2.10. The molecule has 0 radical (unpaired) electrons. The van der Waals surface area contributed by atoms with Crippen LogP contribution in [-0.4, -0.2) is 21.9 Å². The number of unbranched alkanes of at least 4 members (excludes halogenated alkanes) is 2. The van der Waals surface area contributed by atoms with Crippen LogP contribution in [0, 0.1) is 0 Å². The minimum Gasteiger partial charge on any atom is -0.267 e. The molecule has 3 rings (SSSR count). The molecule has 6 heteroatoms. The average Bonchev–Trinajstić information content (AvgIpc) is 2.76. The number of benzene rings is 2. The van der Waals surface area contributed by atoms with E-state index in [9.17, 15) is 9.59 Å². The lowest BCUT2D eigenvalue weighted by molar-refractivity contribution is 0.0949. The van der Waals surface area contributed by atoms with Gasteiger partial charge in [0, 0.05) is 11.9 Å². The van der Waals surface area contributed by atoms with Gasteiger partial charge in [0.05, 0.1) is 11.6 Å². The number of carbonyl (C=O) groups is 1. The molecule has 1 aromatic heterocycles. The number of aryl methyl sites for hydroxylation is 2. The van der Waals surface area contributed by atoms with Crippen LogP contribution >= 0.6 is 0 Å². The minimum absolute atomic E-state index is 0.173. The fourth-order valence-corrected chi connectivity index (χ4v) is 3.12. The third kappa shape index (κ3) is 4.96. The van der Waals surface area contributed by atoms with Crippen molar-refractivity contribution < 1.29 is 4.79 Å². The van der Waals surface area contributed by atoms with Crippen LogP contribution in [0.3, 0.4) is 0 Å². The van der Waals surface area contributed by atoms with Gasteiger partial charge in [0.25, 0.3) is 11.5 Å². The van der Waals surface area contributed by atoms with Gasteiger partial charge in [-0.05, 0) is 30.0 Å². The monoisotopic (exact) mass is 390 g/mol. The maximum Gasteiger partial charge on any atom is 0.292 e. The van der Waals surface area contributed by atoms with Gasteiger partial charge in [0.15, 0.2) is 5.69 Å². The smallest absolute Gasteiger partial charge is 0.267 e. The van der Waals surface area contributed by atoms with Gasteiger partial charge in [-0.2, -0.15) is 10.2 Å². The number of hydrogen-bond donors (Lipinski definition) is 1. The molecule has 29 heavy (non-hydrogen) atoms. The molecule has 6 nitrogen and oxygen atoms in total. The second kappa shape index (κ2) is 9.78. The van der Waals surface area contributed by atoms with Crippen LogP contribution in [0.4, 0.5) is 0 Å². The molecule has 3 aromatic rings. The second-order valence-electron chi connectivity index (χ2n) is 6.92. The topological polar surface area (TPSA) is 76.3 Å². The molecular weight excluding hydrogens is 364 g/mol. The van der Waals surface area contributed by atoms with E-state index in [4.69, 9.17) is 0 Å². The van der Waals surface area contributed by atoms with E-state index in [1.165, 1.54) is 10.2 Å². The van der Waals surface area contributed by atoms with Crippen LogP contribution in [0.1, 0.15) is 54.7 Å². The van der Waals surface area contributed by atoms with Gasteiger partial charge in [0.1, 0.15) is 0 Å². The van der Waals surface area contributed by atoms with Crippen molar-refractivity contribution in [2.45, 2.75) is 46.1 Å². The van der Waals surface area contributed by atoms with Crippen LogP contribution in [0.15, 0.2) is 58.4 Å². The quantitative estimate of drug-likeness (QED) is 0.360. The van der Waals surface area contributed by atoms with E-state index in [-0.39, 0.29) is 11.3 Å². The number of carbonyl (C=O) groups excluding carboxylic acids is 1. The van der Waals surface area contributed by atoms with Gasteiger partial charge in [-0.15, -0.1) is 0 Å². The highest BCUT2D eigenvalue weighted by atomic mass is 16.2. The highest BCUT2D eigenvalue weighted by Crippen LogP contribution is 2.13. The van der Waals surface area contributed by atoms with Crippen molar-refractivity contribution in [1.82, 2.24) is 15.2 Å².